The lowest BCUT2D eigenvalue weighted by Crippen LogP contribution is -2.30. The molecule has 2 N–H and O–H groups in total. The van der Waals surface area contributed by atoms with E-state index < -0.39 is 53.3 Å². The van der Waals surface area contributed by atoms with Gasteiger partial charge in [0.1, 0.15) is 0 Å². The highest BCUT2D eigenvalue weighted by Gasteiger charge is 2.30. The smallest absolute Gasteiger partial charge is 0.292 e. The van der Waals surface area contributed by atoms with E-state index >= 15 is 0 Å². The first-order chi connectivity index (χ1) is 9.65. The second-order valence-corrected chi connectivity index (χ2v) is 3.38. The van der Waals surface area contributed by atoms with Crippen molar-refractivity contribution in [1.29, 1.82) is 0 Å². The molecule has 1 atom stereocenters. The van der Waals surface area contributed by atoms with Crippen molar-refractivity contribution in [2.45, 2.75) is 37.3 Å². The summed E-state index contributed by atoms with van der Waals surface area (Å²) >= 11 is 0. The lowest BCUT2D eigenvalue weighted by atomic mass is 9.90. The molecule has 12 heavy (non-hydrogen) atoms. The molecule has 0 amide bonds. The molecule has 0 aromatic heterocycles. The quantitative estimate of drug-likeness (QED) is 0.653. The predicted molar refractivity (Wildman–Crippen MR) is 44.1 cm³/mol. The van der Waals surface area contributed by atoms with Gasteiger partial charge in [0.15, 0.2) is 5.44 Å². The van der Waals surface area contributed by atoms with E-state index in [0.29, 0.717) is 0 Å². The van der Waals surface area contributed by atoms with Crippen molar-refractivity contribution in [1.82, 2.24) is 0 Å². The zero-order chi connectivity index (χ0) is 19.1. The second-order valence-electron chi connectivity index (χ2n) is 1.91. The zero-order valence-electron chi connectivity index (χ0n) is 16.7. The highest BCUT2D eigenvalue weighted by molar-refractivity contribution is 7.86. The average Bonchev–Trinajstić information content (AvgIpc) is 2.33. The van der Waals surface area contributed by atoms with Gasteiger partial charge in [-0.3, -0.25) is 4.55 Å². The summed E-state index contributed by atoms with van der Waals surface area (Å²) in [6, 6.07) is 0. The molecule has 1 rings (SSSR count). The van der Waals surface area contributed by atoms with Gasteiger partial charge in [0.05, 0.1) is 0 Å². The van der Waals surface area contributed by atoms with E-state index in [1.54, 1.807) is 0 Å². The average molecular weight is 205 g/mol. The molecule has 0 saturated heterocycles. The summed E-state index contributed by atoms with van der Waals surface area (Å²) in [7, 11) is -5.71. The maximum Gasteiger partial charge on any atom is 0.292 e. The number of hydrogen-bond acceptors (Lipinski definition) is 3. The Morgan fingerprint density at radius 2 is 1.92 bits per heavy atom. The number of aliphatic hydroxyl groups excluding tert-OH is 1. The largest absolute Gasteiger partial charge is 0.375 e. The van der Waals surface area contributed by atoms with Crippen LogP contribution in [0.2, 0.25) is 0 Å². The van der Waals surface area contributed by atoms with Crippen LogP contribution in [-0.4, -0.2) is 23.5 Å². The topological polar surface area (TPSA) is 74.6 Å². The van der Waals surface area contributed by atoms with E-state index in [4.69, 9.17) is 19.6 Å². The van der Waals surface area contributed by atoms with Crippen molar-refractivity contribution in [3.63, 3.8) is 0 Å². The van der Waals surface area contributed by atoms with Crippen molar-refractivity contribution in [2.24, 2.45) is 5.89 Å². The molecule has 0 aromatic carbocycles. The SMILES string of the molecule is [2H]C1([2H])C([2H])([2H])C([2H])([2H])C([2H])(C(O)S(=O)(=O)O)C([2H])([2H])C1([2H])[2H]. The highest BCUT2D eigenvalue weighted by Crippen LogP contribution is 2.28. The molecule has 0 spiro atoms. The van der Waals surface area contributed by atoms with Crippen LogP contribution in [0.25, 0.3) is 0 Å². The van der Waals surface area contributed by atoms with Crippen molar-refractivity contribution < 1.29 is 33.2 Å². The predicted octanol–water partition coefficient (Wildman–Crippen LogP) is 0.773. The molecule has 4 nitrogen and oxygen atoms in total. The van der Waals surface area contributed by atoms with E-state index in [0.717, 1.165) is 0 Å². The number of aliphatic hydroxyl groups is 1. The van der Waals surface area contributed by atoms with Gasteiger partial charge in [0, 0.05) is 21.0 Å². The first-order valence-electron chi connectivity index (χ1n) is 8.30. The van der Waals surface area contributed by atoms with Crippen LogP contribution < -0.4 is 0 Å². The molecule has 1 saturated carbocycles. The minimum Gasteiger partial charge on any atom is -0.375 e. The zero-order valence-corrected chi connectivity index (χ0v) is 6.51. The molecule has 0 aliphatic heterocycles. The summed E-state index contributed by atoms with van der Waals surface area (Å²) in [5, 5.41) is 9.61. The molecule has 1 fully saturated rings. The first kappa shape index (κ1) is 2.68. The molecule has 0 heterocycles. The summed E-state index contributed by atoms with van der Waals surface area (Å²) in [5.74, 6) is -4.12. The lowest BCUT2D eigenvalue weighted by molar-refractivity contribution is 0.140. The number of hydrogen-bond donors (Lipinski definition) is 2. The van der Waals surface area contributed by atoms with Crippen LogP contribution in [0.3, 0.4) is 0 Å². The van der Waals surface area contributed by atoms with Crippen LogP contribution in [0.1, 0.15) is 46.9 Å². The summed E-state index contributed by atoms with van der Waals surface area (Å²) in [6.45, 7) is 0. The van der Waals surface area contributed by atoms with E-state index in [1.807, 2.05) is 0 Å². The monoisotopic (exact) mass is 205 g/mol. The minimum absolute atomic E-state index is 3.57. The van der Waals surface area contributed by atoms with Gasteiger partial charge >= 0.3 is 0 Å². The summed E-state index contributed by atoms with van der Waals surface area (Å²) < 4.78 is 114. The van der Waals surface area contributed by atoms with Gasteiger partial charge in [-0.05, 0) is 12.7 Å². The van der Waals surface area contributed by atoms with Gasteiger partial charge < -0.3 is 5.11 Å². The third-order valence-electron chi connectivity index (χ3n) is 1.05. The molecule has 1 unspecified atom stereocenters. The third-order valence-corrected chi connectivity index (χ3v) is 1.85. The highest BCUT2D eigenvalue weighted by atomic mass is 32.2. The van der Waals surface area contributed by atoms with Crippen molar-refractivity contribution in [2.75, 3.05) is 0 Å². The van der Waals surface area contributed by atoms with Crippen molar-refractivity contribution in [3.05, 3.63) is 0 Å². The fraction of sp³-hybridized carbons (Fsp3) is 1.00. The first-order valence-corrected chi connectivity index (χ1v) is 4.30. The van der Waals surface area contributed by atoms with Gasteiger partial charge in [-0.25, -0.2) is 0 Å². The molecule has 72 valence electrons. The Morgan fingerprint density at radius 1 is 1.42 bits per heavy atom. The molecule has 1 aliphatic carbocycles. The summed E-state index contributed by atoms with van der Waals surface area (Å²) in [4.78, 5) is 0. The fourth-order valence-corrected chi connectivity index (χ4v) is 0.948. The maximum absolute atomic E-state index is 11.1. The molecule has 1 aliphatic rings. The van der Waals surface area contributed by atoms with Crippen molar-refractivity contribution >= 4 is 10.1 Å². The van der Waals surface area contributed by atoms with E-state index in [1.165, 1.54) is 0 Å². The van der Waals surface area contributed by atoms with E-state index in [-0.39, 0.29) is 0 Å². The number of rotatable bonds is 2. The molecule has 0 aromatic rings. The van der Waals surface area contributed by atoms with Crippen LogP contribution in [0.4, 0.5) is 0 Å². The van der Waals surface area contributed by atoms with Crippen LogP contribution in [0, 0.1) is 5.89 Å². The van der Waals surface area contributed by atoms with Gasteiger partial charge in [-0.15, -0.1) is 0 Å². The van der Waals surface area contributed by atoms with Crippen LogP contribution in [0.5, 0.6) is 0 Å². The van der Waals surface area contributed by atoms with Gasteiger partial charge in [-0.2, -0.15) is 8.42 Å². The lowest BCUT2D eigenvalue weighted by Gasteiger charge is -2.24. The Morgan fingerprint density at radius 3 is 2.33 bits per heavy atom. The Kier molecular flexibility index (Phi) is 0.831. The van der Waals surface area contributed by atoms with Gasteiger partial charge in [0.2, 0.25) is 0 Å². The van der Waals surface area contributed by atoms with Crippen molar-refractivity contribution in [3.8, 4) is 0 Å². The summed E-state index contributed by atoms with van der Waals surface area (Å²) in [5.41, 5.74) is -3.57. The Bertz CT molecular complexity index is 582. The Balaban J connectivity index is 3.97. The van der Waals surface area contributed by atoms with E-state index in [9.17, 15) is 13.5 Å². The van der Waals surface area contributed by atoms with Crippen LogP contribution in [0.15, 0.2) is 0 Å². The molecular weight excluding hydrogens is 180 g/mol. The van der Waals surface area contributed by atoms with Crippen LogP contribution in [-0.2, 0) is 10.1 Å². The normalized spacial score (nSPS) is 61.0. The van der Waals surface area contributed by atoms with Gasteiger partial charge in [0.25, 0.3) is 10.1 Å². The molecular formula is C7H14O4S. The standard InChI is InChI=1S/C7H14O4S/c8-7(12(9,10)11)6-4-2-1-3-5-6/h6-8H,1-5H2,(H,9,10,11)/i1D2,2D2,3D2,4D2,5D2,6D. The Hall–Kier alpha value is -0.130. The second kappa shape index (κ2) is 3.72. The maximum atomic E-state index is 11.1. The third kappa shape index (κ3) is 2.43. The molecule has 0 bridgehead atoms. The minimum atomic E-state index is -5.71. The molecule has 5 heteroatoms. The fourth-order valence-electron chi connectivity index (χ4n) is 0.532. The van der Waals surface area contributed by atoms with E-state index in [2.05, 4.69) is 0 Å². The van der Waals surface area contributed by atoms with Crippen LogP contribution >= 0.6 is 0 Å². The Labute approximate surface area is 87.8 Å². The summed E-state index contributed by atoms with van der Waals surface area (Å²) in [6.07, 6.45) is -19.8. The molecule has 0 radical (unpaired) electrons. The van der Waals surface area contributed by atoms with Gasteiger partial charge in [-0.1, -0.05) is 19.1 Å².